The molecule has 1 unspecified atom stereocenters. The van der Waals surface area contributed by atoms with E-state index in [-0.39, 0.29) is 11.9 Å². The zero-order valence-corrected chi connectivity index (χ0v) is 12.6. The van der Waals surface area contributed by atoms with Crippen molar-refractivity contribution in [2.24, 2.45) is 0 Å². The van der Waals surface area contributed by atoms with Gasteiger partial charge in [-0.2, -0.15) is 13.2 Å². The van der Waals surface area contributed by atoms with Gasteiger partial charge in [-0.25, -0.2) is 4.39 Å². The summed E-state index contributed by atoms with van der Waals surface area (Å²) in [5, 5.41) is 3.09. The van der Waals surface area contributed by atoms with Crippen molar-refractivity contribution < 1.29 is 17.6 Å². The molecule has 0 amide bonds. The molecule has 0 heterocycles. The van der Waals surface area contributed by atoms with Gasteiger partial charge in [0.25, 0.3) is 0 Å². The van der Waals surface area contributed by atoms with E-state index in [9.17, 15) is 17.6 Å². The largest absolute Gasteiger partial charge is 0.416 e. The summed E-state index contributed by atoms with van der Waals surface area (Å²) in [5.74, 6) is -0.332. The molecule has 0 spiro atoms. The van der Waals surface area contributed by atoms with Crippen LogP contribution >= 0.6 is 15.9 Å². The lowest BCUT2D eigenvalue weighted by atomic mass is 10.1. The maximum atomic E-state index is 12.9. The highest BCUT2D eigenvalue weighted by Crippen LogP contribution is 2.35. The van der Waals surface area contributed by atoms with Gasteiger partial charge in [0, 0.05) is 16.2 Å². The number of hydrogen-bond donors (Lipinski definition) is 1. The van der Waals surface area contributed by atoms with Crippen molar-refractivity contribution in [2.75, 3.05) is 5.32 Å². The summed E-state index contributed by atoms with van der Waals surface area (Å²) in [6.45, 7) is 1.84. The Kier molecular flexibility index (Phi) is 4.56. The molecule has 1 nitrogen and oxygen atoms in total. The Morgan fingerprint density at radius 3 is 2.19 bits per heavy atom. The smallest absolute Gasteiger partial charge is 0.378 e. The van der Waals surface area contributed by atoms with Crippen LogP contribution in [0.5, 0.6) is 0 Å². The van der Waals surface area contributed by atoms with Gasteiger partial charge in [0.2, 0.25) is 0 Å². The van der Waals surface area contributed by atoms with Crippen molar-refractivity contribution >= 4 is 21.6 Å². The molecule has 2 rings (SSSR count). The first-order chi connectivity index (χ1) is 9.77. The topological polar surface area (TPSA) is 12.0 Å². The van der Waals surface area contributed by atoms with E-state index in [4.69, 9.17) is 0 Å². The molecule has 0 aromatic heterocycles. The summed E-state index contributed by atoms with van der Waals surface area (Å²) in [4.78, 5) is 0. The zero-order valence-electron chi connectivity index (χ0n) is 11.0. The van der Waals surface area contributed by atoms with Crippen LogP contribution in [0.15, 0.2) is 46.9 Å². The van der Waals surface area contributed by atoms with E-state index in [1.54, 1.807) is 12.1 Å². The molecule has 0 aliphatic rings. The molecule has 0 saturated carbocycles. The Morgan fingerprint density at radius 1 is 1.05 bits per heavy atom. The summed E-state index contributed by atoms with van der Waals surface area (Å²) in [7, 11) is 0. The molecular weight excluding hydrogens is 350 g/mol. The average Bonchev–Trinajstić information content (AvgIpc) is 2.40. The summed E-state index contributed by atoms with van der Waals surface area (Å²) >= 11 is 3.13. The maximum Gasteiger partial charge on any atom is 0.416 e. The summed E-state index contributed by atoms with van der Waals surface area (Å²) < 4.78 is 51.0. The second-order valence-electron chi connectivity index (χ2n) is 4.61. The van der Waals surface area contributed by atoms with Crippen LogP contribution in [0, 0.1) is 5.82 Å². The third-order valence-electron chi connectivity index (χ3n) is 3.04. The number of anilines is 1. The van der Waals surface area contributed by atoms with E-state index in [1.165, 1.54) is 18.2 Å². The number of halogens is 5. The van der Waals surface area contributed by atoms with E-state index in [2.05, 4.69) is 21.2 Å². The number of benzene rings is 2. The van der Waals surface area contributed by atoms with Gasteiger partial charge in [0.1, 0.15) is 5.82 Å². The van der Waals surface area contributed by atoms with Crippen LogP contribution in [-0.4, -0.2) is 0 Å². The zero-order chi connectivity index (χ0) is 15.6. The van der Waals surface area contributed by atoms with Crippen molar-refractivity contribution in [1.29, 1.82) is 0 Å². The number of rotatable bonds is 3. The molecular formula is C15H12BrF4N. The highest BCUT2D eigenvalue weighted by atomic mass is 79.9. The van der Waals surface area contributed by atoms with Gasteiger partial charge in [-0.1, -0.05) is 12.1 Å². The van der Waals surface area contributed by atoms with Gasteiger partial charge in [-0.15, -0.1) is 0 Å². The summed E-state index contributed by atoms with van der Waals surface area (Å²) in [5.41, 5.74) is 0.664. The standard InChI is InChI=1S/C15H12BrF4N/c1-9(10-2-5-12(17)6-3-10)21-14-7-4-11(8-13(14)16)15(18,19)20/h2-9,21H,1H3. The van der Waals surface area contributed by atoms with Crippen LogP contribution in [0.2, 0.25) is 0 Å². The van der Waals surface area contributed by atoms with Crippen LogP contribution in [0.4, 0.5) is 23.2 Å². The number of alkyl halides is 3. The lowest BCUT2D eigenvalue weighted by Gasteiger charge is -2.18. The molecule has 6 heteroatoms. The Labute approximate surface area is 128 Å². The van der Waals surface area contributed by atoms with Crippen LogP contribution in [-0.2, 0) is 6.18 Å². The van der Waals surface area contributed by atoms with Crippen LogP contribution in [0.25, 0.3) is 0 Å². The van der Waals surface area contributed by atoms with Gasteiger partial charge in [-0.05, 0) is 58.7 Å². The molecule has 1 N–H and O–H groups in total. The molecule has 0 fully saturated rings. The first-order valence-electron chi connectivity index (χ1n) is 6.16. The van der Waals surface area contributed by atoms with E-state index < -0.39 is 11.7 Å². The van der Waals surface area contributed by atoms with Gasteiger partial charge >= 0.3 is 6.18 Å². The van der Waals surface area contributed by atoms with Crippen LogP contribution in [0.1, 0.15) is 24.1 Å². The lowest BCUT2D eigenvalue weighted by molar-refractivity contribution is -0.137. The fourth-order valence-electron chi connectivity index (χ4n) is 1.88. The maximum absolute atomic E-state index is 12.9. The fraction of sp³-hybridized carbons (Fsp3) is 0.200. The molecule has 2 aromatic rings. The second-order valence-corrected chi connectivity index (χ2v) is 5.46. The van der Waals surface area contributed by atoms with Crippen molar-refractivity contribution in [1.82, 2.24) is 0 Å². The average molecular weight is 362 g/mol. The molecule has 0 bridgehead atoms. The van der Waals surface area contributed by atoms with Crippen LogP contribution < -0.4 is 5.32 Å². The Bertz CT molecular complexity index is 623. The molecule has 0 saturated heterocycles. The number of nitrogens with one attached hydrogen (secondary N) is 1. The third-order valence-corrected chi connectivity index (χ3v) is 3.69. The van der Waals surface area contributed by atoms with Crippen molar-refractivity contribution in [3.63, 3.8) is 0 Å². The SMILES string of the molecule is CC(Nc1ccc(C(F)(F)F)cc1Br)c1ccc(F)cc1. The molecule has 112 valence electrons. The summed E-state index contributed by atoms with van der Waals surface area (Å²) in [6, 6.07) is 9.19. The van der Waals surface area contributed by atoms with E-state index in [0.717, 1.165) is 17.7 Å². The van der Waals surface area contributed by atoms with Gasteiger partial charge in [0.15, 0.2) is 0 Å². The van der Waals surface area contributed by atoms with Crippen molar-refractivity contribution in [2.45, 2.75) is 19.1 Å². The molecule has 2 aromatic carbocycles. The molecule has 0 radical (unpaired) electrons. The van der Waals surface area contributed by atoms with Gasteiger partial charge in [-0.3, -0.25) is 0 Å². The normalized spacial score (nSPS) is 13.0. The Morgan fingerprint density at radius 2 is 1.67 bits per heavy atom. The van der Waals surface area contributed by atoms with E-state index in [1.807, 2.05) is 6.92 Å². The minimum atomic E-state index is -4.37. The molecule has 0 aliphatic carbocycles. The third kappa shape index (κ3) is 3.97. The van der Waals surface area contributed by atoms with Gasteiger partial charge < -0.3 is 5.32 Å². The van der Waals surface area contributed by atoms with Gasteiger partial charge in [0.05, 0.1) is 5.56 Å². The first-order valence-corrected chi connectivity index (χ1v) is 6.95. The minimum absolute atomic E-state index is 0.168. The molecule has 21 heavy (non-hydrogen) atoms. The fourth-order valence-corrected chi connectivity index (χ4v) is 2.37. The predicted molar refractivity (Wildman–Crippen MR) is 77.6 cm³/mol. The van der Waals surface area contributed by atoms with Crippen molar-refractivity contribution in [3.8, 4) is 0 Å². The monoisotopic (exact) mass is 361 g/mol. The van der Waals surface area contributed by atoms with Crippen molar-refractivity contribution in [3.05, 3.63) is 63.9 Å². The second kappa shape index (κ2) is 6.05. The minimum Gasteiger partial charge on any atom is -0.378 e. The summed E-state index contributed by atoms with van der Waals surface area (Å²) in [6.07, 6.45) is -4.37. The van der Waals surface area contributed by atoms with E-state index in [0.29, 0.717) is 10.2 Å². The van der Waals surface area contributed by atoms with Crippen LogP contribution in [0.3, 0.4) is 0 Å². The Hall–Kier alpha value is -1.56. The quantitative estimate of drug-likeness (QED) is 0.683. The lowest BCUT2D eigenvalue weighted by Crippen LogP contribution is -2.09. The first kappa shape index (κ1) is 15.8. The molecule has 0 aliphatic heterocycles. The molecule has 1 atom stereocenters. The number of hydrogen-bond acceptors (Lipinski definition) is 1. The highest BCUT2D eigenvalue weighted by Gasteiger charge is 2.30. The Balaban J connectivity index is 2.18. The highest BCUT2D eigenvalue weighted by molar-refractivity contribution is 9.10. The van der Waals surface area contributed by atoms with E-state index >= 15 is 0 Å². The predicted octanol–water partition coefficient (Wildman–Crippen LogP) is 5.78.